The Bertz CT molecular complexity index is 939. The molecule has 0 bridgehead atoms. The lowest BCUT2D eigenvalue weighted by molar-refractivity contribution is -0.222. The number of carbonyl (C=O) groups is 2. The molecule has 1 aliphatic heterocycles. The minimum atomic E-state index is -1.29. The SMILES string of the molecule is CC1(C)OC(=O)C(=CNc2ccccc2SCc2cccc(Cl)c2F)C(=O)O1. The van der Waals surface area contributed by atoms with E-state index in [0.29, 0.717) is 17.0 Å². The predicted octanol–water partition coefficient (Wildman–Crippen LogP) is 4.90. The average molecular weight is 422 g/mol. The molecule has 2 aromatic rings. The minimum Gasteiger partial charge on any atom is -0.419 e. The zero-order valence-electron chi connectivity index (χ0n) is 15.1. The number of nitrogens with one attached hydrogen (secondary N) is 1. The number of cyclic esters (lactones) is 2. The molecule has 8 heteroatoms. The summed E-state index contributed by atoms with van der Waals surface area (Å²) in [4.78, 5) is 24.8. The summed E-state index contributed by atoms with van der Waals surface area (Å²) in [7, 11) is 0. The standard InChI is InChI=1S/C20H17ClFNO4S/c1-20(2)26-18(24)13(19(25)27-20)10-23-15-8-3-4-9-16(15)28-11-12-6-5-7-14(21)17(12)22/h3-10,23H,11H2,1-2H3. The fraction of sp³-hybridized carbons (Fsp3) is 0.200. The van der Waals surface area contributed by atoms with E-state index in [0.717, 1.165) is 4.90 Å². The first-order valence-corrected chi connectivity index (χ1v) is 9.71. The molecule has 5 nitrogen and oxygen atoms in total. The molecule has 2 aromatic carbocycles. The van der Waals surface area contributed by atoms with Gasteiger partial charge in [0.2, 0.25) is 0 Å². The molecule has 1 saturated heterocycles. The molecule has 0 atom stereocenters. The van der Waals surface area contributed by atoms with Gasteiger partial charge in [-0.2, -0.15) is 0 Å². The Balaban J connectivity index is 1.75. The van der Waals surface area contributed by atoms with Crippen LogP contribution < -0.4 is 5.32 Å². The van der Waals surface area contributed by atoms with Crippen LogP contribution >= 0.6 is 23.4 Å². The van der Waals surface area contributed by atoms with E-state index in [4.69, 9.17) is 21.1 Å². The van der Waals surface area contributed by atoms with E-state index in [1.165, 1.54) is 37.9 Å². The summed E-state index contributed by atoms with van der Waals surface area (Å²) >= 11 is 7.21. The van der Waals surface area contributed by atoms with Crippen molar-refractivity contribution < 1.29 is 23.5 Å². The van der Waals surface area contributed by atoms with Gasteiger partial charge in [-0.05, 0) is 23.8 Å². The third kappa shape index (κ3) is 4.66. The maximum atomic E-state index is 14.1. The van der Waals surface area contributed by atoms with Crippen LogP contribution in [0.4, 0.5) is 10.1 Å². The summed E-state index contributed by atoms with van der Waals surface area (Å²) in [5, 5.41) is 3.00. The number of rotatable bonds is 5. The second kappa shape index (κ2) is 8.24. The van der Waals surface area contributed by atoms with Crippen molar-refractivity contribution in [1.82, 2.24) is 0 Å². The highest BCUT2D eigenvalue weighted by Crippen LogP contribution is 2.32. The average Bonchev–Trinajstić information content (AvgIpc) is 2.62. The minimum absolute atomic E-state index is 0.0755. The Hall–Kier alpha value is -2.51. The van der Waals surface area contributed by atoms with Gasteiger partial charge in [0.25, 0.3) is 5.79 Å². The smallest absolute Gasteiger partial charge is 0.350 e. The van der Waals surface area contributed by atoms with Crippen molar-refractivity contribution in [2.24, 2.45) is 0 Å². The molecule has 1 N–H and O–H groups in total. The Morgan fingerprint density at radius 1 is 1.11 bits per heavy atom. The van der Waals surface area contributed by atoms with E-state index in [1.807, 2.05) is 12.1 Å². The van der Waals surface area contributed by atoms with E-state index < -0.39 is 23.5 Å². The van der Waals surface area contributed by atoms with Crippen molar-refractivity contribution in [3.8, 4) is 0 Å². The Labute approximate surface area is 170 Å². The van der Waals surface area contributed by atoms with E-state index in [9.17, 15) is 14.0 Å². The molecule has 0 aromatic heterocycles. The van der Waals surface area contributed by atoms with Gasteiger partial charge in [0.1, 0.15) is 5.82 Å². The molecule has 0 amide bonds. The quantitative estimate of drug-likeness (QED) is 0.320. The largest absolute Gasteiger partial charge is 0.419 e. The topological polar surface area (TPSA) is 64.6 Å². The molecule has 146 valence electrons. The molecule has 28 heavy (non-hydrogen) atoms. The maximum Gasteiger partial charge on any atom is 0.350 e. The van der Waals surface area contributed by atoms with Crippen LogP contribution in [0.15, 0.2) is 59.1 Å². The maximum absolute atomic E-state index is 14.1. The molecule has 0 unspecified atom stereocenters. The molecule has 0 spiro atoms. The normalized spacial score (nSPS) is 15.6. The summed E-state index contributed by atoms with van der Waals surface area (Å²) < 4.78 is 24.2. The van der Waals surface area contributed by atoms with Gasteiger partial charge in [0, 0.05) is 30.7 Å². The van der Waals surface area contributed by atoms with Gasteiger partial charge < -0.3 is 14.8 Å². The number of halogens is 2. The number of anilines is 1. The van der Waals surface area contributed by atoms with Crippen LogP contribution in [-0.4, -0.2) is 17.7 Å². The number of hydrogen-bond donors (Lipinski definition) is 1. The highest BCUT2D eigenvalue weighted by Gasteiger charge is 2.38. The molecular weight excluding hydrogens is 405 g/mol. The van der Waals surface area contributed by atoms with Crippen LogP contribution in [0.25, 0.3) is 0 Å². The van der Waals surface area contributed by atoms with Crippen molar-refractivity contribution in [2.45, 2.75) is 30.3 Å². The lowest BCUT2D eigenvalue weighted by atomic mass is 10.2. The third-order valence-corrected chi connectivity index (χ3v) is 5.20. The predicted molar refractivity (Wildman–Crippen MR) is 105 cm³/mol. The van der Waals surface area contributed by atoms with Crippen LogP contribution in [0.1, 0.15) is 19.4 Å². The highest BCUT2D eigenvalue weighted by molar-refractivity contribution is 7.98. The Morgan fingerprint density at radius 3 is 2.50 bits per heavy atom. The van der Waals surface area contributed by atoms with Gasteiger partial charge in [0.05, 0.1) is 10.7 Å². The number of carbonyl (C=O) groups excluding carboxylic acids is 2. The molecule has 3 rings (SSSR count). The molecular formula is C20H17ClFNO4S. The van der Waals surface area contributed by atoms with Gasteiger partial charge in [-0.1, -0.05) is 35.9 Å². The van der Waals surface area contributed by atoms with Crippen molar-refractivity contribution in [1.29, 1.82) is 0 Å². The molecule has 0 saturated carbocycles. The first-order chi connectivity index (χ1) is 13.3. The third-order valence-electron chi connectivity index (χ3n) is 3.79. The van der Waals surface area contributed by atoms with Crippen LogP contribution in [-0.2, 0) is 24.8 Å². The van der Waals surface area contributed by atoms with E-state index in [1.54, 1.807) is 24.3 Å². The first kappa shape index (κ1) is 20.2. The van der Waals surface area contributed by atoms with Crippen LogP contribution in [0.5, 0.6) is 0 Å². The van der Waals surface area contributed by atoms with E-state index >= 15 is 0 Å². The Morgan fingerprint density at radius 2 is 1.79 bits per heavy atom. The number of esters is 2. The molecule has 0 radical (unpaired) electrons. The second-order valence-electron chi connectivity index (χ2n) is 6.38. The number of thioether (sulfide) groups is 1. The molecule has 0 aliphatic carbocycles. The first-order valence-electron chi connectivity index (χ1n) is 8.35. The monoisotopic (exact) mass is 421 g/mol. The van der Waals surface area contributed by atoms with Crippen LogP contribution in [0.3, 0.4) is 0 Å². The fourth-order valence-electron chi connectivity index (χ4n) is 2.46. The van der Waals surface area contributed by atoms with Gasteiger partial charge >= 0.3 is 11.9 Å². The second-order valence-corrected chi connectivity index (χ2v) is 7.80. The summed E-state index contributed by atoms with van der Waals surface area (Å²) in [6.45, 7) is 2.96. The van der Waals surface area contributed by atoms with Crippen LogP contribution in [0.2, 0.25) is 5.02 Å². The molecule has 1 aliphatic rings. The molecule has 1 fully saturated rings. The lowest BCUT2D eigenvalue weighted by Crippen LogP contribution is -2.42. The summed E-state index contributed by atoms with van der Waals surface area (Å²) in [5.74, 6) is -2.90. The number of ether oxygens (including phenoxy) is 2. The molecule has 1 heterocycles. The van der Waals surface area contributed by atoms with Gasteiger partial charge in [0.15, 0.2) is 5.57 Å². The van der Waals surface area contributed by atoms with Gasteiger partial charge in [-0.25, -0.2) is 14.0 Å². The zero-order valence-corrected chi connectivity index (χ0v) is 16.7. The zero-order chi connectivity index (χ0) is 20.3. The Kier molecular flexibility index (Phi) is 5.96. The lowest BCUT2D eigenvalue weighted by Gasteiger charge is -2.29. The number of para-hydroxylation sites is 1. The van der Waals surface area contributed by atoms with Crippen LogP contribution in [0, 0.1) is 5.82 Å². The fourth-order valence-corrected chi connectivity index (χ4v) is 3.64. The van der Waals surface area contributed by atoms with Crippen molar-refractivity contribution in [3.05, 3.63) is 70.6 Å². The van der Waals surface area contributed by atoms with Crippen molar-refractivity contribution in [3.63, 3.8) is 0 Å². The number of hydrogen-bond acceptors (Lipinski definition) is 6. The van der Waals surface area contributed by atoms with E-state index in [-0.39, 0.29) is 10.6 Å². The van der Waals surface area contributed by atoms with Gasteiger partial charge in [-0.15, -0.1) is 11.8 Å². The highest BCUT2D eigenvalue weighted by atomic mass is 35.5. The van der Waals surface area contributed by atoms with E-state index in [2.05, 4.69) is 5.32 Å². The number of benzene rings is 2. The van der Waals surface area contributed by atoms with Crippen molar-refractivity contribution >= 4 is 41.0 Å². The summed E-state index contributed by atoms with van der Waals surface area (Å²) in [5.41, 5.74) is 0.889. The van der Waals surface area contributed by atoms with Gasteiger partial charge in [-0.3, -0.25) is 0 Å². The van der Waals surface area contributed by atoms with Crippen molar-refractivity contribution in [2.75, 3.05) is 5.32 Å². The summed E-state index contributed by atoms with van der Waals surface area (Å²) in [6.07, 6.45) is 1.25. The summed E-state index contributed by atoms with van der Waals surface area (Å²) in [6, 6.07) is 12.1.